The number of amides is 2. The molecule has 1 N–H and O–H groups in total. The van der Waals surface area contributed by atoms with E-state index in [1.54, 1.807) is 36.4 Å². The molecule has 234 valence electrons. The summed E-state index contributed by atoms with van der Waals surface area (Å²) in [6.07, 6.45) is 0. The zero-order valence-corrected chi connectivity index (χ0v) is 25.4. The highest BCUT2D eigenvalue weighted by molar-refractivity contribution is 7.89. The van der Waals surface area contributed by atoms with Crippen LogP contribution < -0.4 is 10.1 Å². The summed E-state index contributed by atoms with van der Waals surface area (Å²) in [6.45, 7) is 1.08. The molecule has 1 fully saturated rings. The molecule has 1 saturated heterocycles. The lowest BCUT2D eigenvalue weighted by molar-refractivity contribution is -0.143. The zero-order chi connectivity index (χ0) is 31.6. The van der Waals surface area contributed by atoms with Crippen molar-refractivity contribution in [2.45, 2.75) is 24.0 Å². The normalized spacial score (nSPS) is 14.3. The van der Waals surface area contributed by atoms with Crippen LogP contribution in [0.3, 0.4) is 0 Å². The third-order valence-electron chi connectivity index (χ3n) is 7.37. The van der Waals surface area contributed by atoms with Crippen LogP contribution in [0.5, 0.6) is 5.75 Å². The van der Waals surface area contributed by atoms with Crippen molar-refractivity contribution < 1.29 is 31.9 Å². The number of sulfonamides is 1. The maximum Gasteiger partial charge on any atom is 0.261 e. The maximum absolute atomic E-state index is 13.8. The summed E-state index contributed by atoms with van der Waals surface area (Å²) in [6, 6.07) is 28.9. The fourth-order valence-corrected chi connectivity index (χ4v) is 6.38. The minimum Gasteiger partial charge on any atom is -0.484 e. The topological polar surface area (TPSA) is 105 Å². The highest BCUT2D eigenvalue weighted by Gasteiger charge is 2.32. The fraction of sp³-hybridized carbons (Fsp3) is 0.235. The van der Waals surface area contributed by atoms with Crippen molar-refractivity contribution >= 4 is 21.8 Å². The first-order valence-electron chi connectivity index (χ1n) is 14.5. The van der Waals surface area contributed by atoms with Crippen molar-refractivity contribution in [3.8, 4) is 5.75 Å². The zero-order valence-electron chi connectivity index (χ0n) is 24.5. The molecule has 2 amide bonds. The monoisotopic (exact) mass is 631 g/mol. The predicted octanol–water partition coefficient (Wildman–Crippen LogP) is 4.31. The van der Waals surface area contributed by atoms with Gasteiger partial charge in [0.1, 0.15) is 17.6 Å². The minimum absolute atomic E-state index is 0.0114. The number of nitrogens with zero attached hydrogens (tertiary/aromatic N) is 2. The van der Waals surface area contributed by atoms with Gasteiger partial charge in [-0.15, -0.1) is 0 Å². The minimum atomic E-state index is -3.69. The summed E-state index contributed by atoms with van der Waals surface area (Å²) in [5.41, 5.74) is 2.12. The molecule has 1 aliphatic heterocycles. The van der Waals surface area contributed by atoms with Gasteiger partial charge in [-0.1, -0.05) is 72.8 Å². The average molecular weight is 632 g/mol. The van der Waals surface area contributed by atoms with Crippen LogP contribution in [0, 0.1) is 5.82 Å². The Hall–Kier alpha value is -4.58. The van der Waals surface area contributed by atoms with Crippen molar-refractivity contribution in [2.24, 2.45) is 0 Å². The molecule has 0 radical (unpaired) electrons. The molecule has 1 atom stereocenters. The Morgan fingerprint density at radius 2 is 1.47 bits per heavy atom. The Kier molecular flexibility index (Phi) is 10.6. The number of carbonyl (C=O) groups is 2. The molecule has 0 saturated carbocycles. The summed E-state index contributed by atoms with van der Waals surface area (Å²) in [5.74, 6) is -1.01. The number of benzene rings is 4. The number of hydrogen-bond acceptors (Lipinski definition) is 6. The smallest absolute Gasteiger partial charge is 0.261 e. The standard InChI is InChI=1S/C34H34FN3O6S/c35-29-13-11-27(12-14-29)24-38(33(28-9-5-2-6-10-28)34(40)36-23-26-7-3-1-4-8-26)32(39)25-44-30-15-17-31(18-16-30)45(41,42)37-19-21-43-22-20-37/h1-18,33H,19-25H2,(H,36,40)/t33-/m0/s1. The third kappa shape index (κ3) is 8.33. The Morgan fingerprint density at radius 3 is 2.11 bits per heavy atom. The van der Waals surface area contributed by atoms with Crippen LogP contribution in [0.4, 0.5) is 4.39 Å². The summed E-state index contributed by atoms with van der Waals surface area (Å²) in [5, 5.41) is 2.95. The summed E-state index contributed by atoms with van der Waals surface area (Å²) < 4.78 is 52.1. The SMILES string of the molecule is O=C(NCc1ccccc1)[C@H](c1ccccc1)N(Cc1ccc(F)cc1)C(=O)COc1ccc(S(=O)(=O)N2CCOCC2)cc1. The lowest BCUT2D eigenvalue weighted by atomic mass is 10.0. The Balaban J connectivity index is 1.36. The lowest BCUT2D eigenvalue weighted by Crippen LogP contribution is -2.45. The van der Waals surface area contributed by atoms with E-state index < -0.39 is 40.3 Å². The molecule has 4 aromatic carbocycles. The van der Waals surface area contributed by atoms with Gasteiger partial charge in [-0.3, -0.25) is 9.59 Å². The molecule has 0 bridgehead atoms. The molecule has 11 heteroatoms. The molecule has 0 unspecified atom stereocenters. The number of halogens is 1. The predicted molar refractivity (Wildman–Crippen MR) is 166 cm³/mol. The van der Waals surface area contributed by atoms with Crippen LogP contribution in [0.1, 0.15) is 22.7 Å². The van der Waals surface area contributed by atoms with Crippen LogP contribution >= 0.6 is 0 Å². The van der Waals surface area contributed by atoms with Gasteiger partial charge >= 0.3 is 0 Å². The van der Waals surface area contributed by atoms with E-state index in [2.05, 4.69) is 5.32 Å². The molecule has 1 aliphatic rings. The van der Waals surface area contributed by atoms with E-state index in [0.29, 0.717) is 24.3 Å². The largest absolute Gasteiger partial charge is 0.484 e. The van der Waals surface area contributed by atoms with Crippen LogP contribution in [0.25, 0.3) is 0 Å². The number of morpholine rings is 1. The fourth-order valence-electron chi connectivity index (χ4n) is 4.97. The molecule has 1 heterocycles. The van der Waals surface area contributed by atoms with E-state index in [4.69, 9.17) is 9.47 Å². The summed E-state index contributed by atoms with van der Waals surface area (Å²) in [4.78, 5) is 29.1. The first-order valence-corrected chi connectivity index (χ1v) is 16.0. The Labute approximate surface area is 262 Å². The first-order chi connectivity index (χ1) is 21.8. The molecule has 4 aromatic rings. The second-order valence-corrected chi connectivity index (χ2v) is 12.4. The van der Waals surface area contributed by atoms with Gasteiger partial charge in [0.15, 0.2) is 6.61 Å². The van der Waals surface area contributed by atoms with Crippen molar-refractivity contribution in [3.63, 3.8) is 0 Å². The van der Waals surface area contributed by atoms with Gasteiger partial charge in [-0.05, 0) is 53.1 Å². The van der Waals surface area contributed by atoms with Crippen LogP contribution in [-0.2, 0) is 37.4 Å². The molecule has 9 nitrogen and oxygen atoms in total. The van der Waals surface area contributed by atoms with Crippen LogP contribution in [0.15, 0.2) is 114 Å². The van der Waals surface area contributed by atoms with Gasteiger partial charge in [-0.2, -0.15) is 4.31 Å². The van der Waals surface area contributed by atoms with E-state index in [1.807, 2.05) is 36.4 Å². The highest BCUT2D eigenvalue weighted by atomic mass is 32.2. The molecule has 45 heavy (non-hydrogen) atoms. The lowest BCUT2D eigenvalue weighted by Gasteiger charge is -2.31. The van der Waals surface area contributed by atoms with E-state index in [0.717, 1.165) is 5.56 Å². The summed E-state index contributed by atoms with van der Waals surface area (Å²) in [7, 11) is -3.69. The van der Waals surface area contributed by atoms with E-state index in [-0.39, 0.29) is 36.8 Å². The molecule has 0 aromatic heterocycles. The number of ether oxygens (including phenoxy) is 2. The molecular formula is C34H34FN3O6S. The van der Waals surface area contributed by atoms with Gasteiger partial charge < -0.3 is 19.7 Å². The summed E-state index contributed by atoms with van der Waals surface area (Å²) >= 11 is 0. The molecule has 5 rings (SSSR count). The molecule has 0 aliphatic carbocycles. The number of hydrogen-bond donors (Lipinski definition) is 1. The first kappa shape index (κ1) is 31.8. The number of nitrogens with one attached hydrogen (secondary N) is 1. The van der Waals surface area contributed by atoms with Crippen molar-refractivity contribution in [1.82, 2.24) is 14.5 Å². The number of rotatable bonds is 12. The second-order valence-electron chi connectivity index (χ2n) is 10.4. The quantitative estimate of drug-likeness (QED) is 0.250. The van der Waals surface area contributed by atoms with Gasteiger partial charge in [0.05, 0.1) is 18.1 Å². The number of carbonyl (C=O) groups excluding carboxylic acids is 2. The maximum atomic E-state index is 13.8. The average Bonchev–Trinajstić information content (AvgIpc) is 3.08. The van der Waals surface area contributed by atoms with Crippen molar-refractivity contribution in [3.05, 3.63) is 132 Å². The van der Waals surface area contributed by atoms with E-state index in [9.17, 15) is 22.4 Å². The van der Waals surface area contributed by atoms with Gasteiger partial charge in [0.2, 0.25) is 15.9 Å². The van der Waals surface area contributed by atoms with Gasteiger partial charge in [0.25, 0.3) is 5.91 Å². The van der Waals surface area contributed by atoms with Crippen LogP contribution in [-0.4, -0.2) is 62.3 Å². The Morgan fingerprint density at radius 1 is 0.844 bits per heavy atom. The van der Waals surface area contributed by atoms with Crippen molar-refractivity contribution in [2.75, 3.05) is 32.9 Å². The van der Waals surface area contributed by atoms with Gasteiger partial charge in [0, 0.05) is 26.2 Å². The van der Waals surface area contributed by atoms with Crippen molar-refractivity contribution in [1.29, 1.82) is 0 Å². The van der Waals surface area contributed by atoms with E-state index >= 15 is 0 Å². The van der Waals surface area contributed by atoms with E-state index in [1.165, 1.54) is 45.6 Å². The second kappa shape index (κ2) is 14.9. The third-order valence-corrected chi connectivity index (χ3v) is 9.28. The highest BCUT2D eigenvalue weighted by Crippen LogP contribution is 2.26. The molecule has 0 spiro atoms. The molecular weight excluding hydrogens is 597 g/mol. The van der Waals surface area contributed by atoms with Crippen LogP contribution in [0.2, 0.25) is 0 Å². The Bertz CT molecular complexity index is 1670. The van der Waals surface area contributed by atoms with Gasteiger partial charge in [-0.25, -0.2) is 12.8 Å².